The van der Waals surface area contributed by atoms with E-state index >= 15 is 0 Å². The molecule has 0 atom stereocenters. The number of rotatable bonds is 8. The van der Waals surface area contributed by atoms with E-state index in [2.05, 4.69) is 10.6 Å². The Balaban J connectivity index is 2.59. The summed E-state index contributed by atoms with van der Waals surface area (Å²) in [7, 11) is -9.52. The minimum absolute atomic E-state index is 0.00814. The zero-order valence-corrected chi connectivity index (χ0v) is 18.4. The molecule has 0 saturated heterocycles. The zero-order chi connectivity index (χ0) is 23.4. The summed E-state index contributed by atoms with van der Waals surface area (Å²) in [4.78, 5) is 22.8. The third-order valence-corrected chi connectivity index (χ3v) is 6.14. The zero-order valence-electron chi connectivity index (χ0n) is 16.7. The molecule has 0 unspecified atom stereocenters. The van der Waals surface area contributed by atoms with Crippen LogP contribution in [0.1, 0.15) is 45.7 Å². The molecule has 2 aromatic carbocycles. The normalized spacial score (nSPS) is 11.7. The maximum atomic E-state index is 12.0. The number of carbonyl (C=O) groups excluding carboxylic acids is 2. The Morgan fingerprint density at radius 3 is 1.39 bits per heavy atom. The summed E-state index contributed by atoms with van der Waals surface area (Å²) < 4.78 is 66.7. The molecule has 0 fully saturated rings. The van der Waals surface area contributed by atoms with Crippen LogP contribution in [0, 0.1) is 0 Å². The van der Waals surface area contributed by atoms with E-state index in [1.54, 1.807) is 13.8 Å². The molecule has 2 rings (SSSR count). The van der Waals surface area contributed by atoms with Crippen LogP contribution in [0.4, 0.5) is 0 Å². The van der Waals surface area contributed by atoms with E-state index < -0.39 is 41.8 Å². The van der Waals surface area contributed by atoms with E-state index in [0.717, 1.165) is 12.1 Å². The third kappa shape index (κ3) is 6.10. The number of carbonyl (C=O) groups is 2. The molecule has 2 aromatic rings. The fourth-order valence-corrected chi connectivity index (χ4v) is 4.39. The van der Waals surface area contributed by atoms with Gasteiger partial charge in [0.25, 0.3) is 32.1 Å². The largest absolute Gasteiger partial charge is 0.352 e. The first-order valence-electron chi connectivity index (χ1n) is 9.15. The maximum absolute atomic E-state index is 12.0. The molecule has 0 aliphatic heterocycles. The van der Waals surface area contributed by atoms with Crippen molar-refractivity contribution in [1.82, 2.24) is 10.6 Å². The van der Waals surface area contributed by atoms with Crippen LogP contribution in [0.15, 0.2) is 46.2 Å². The molecule has 0 aliphatic rings. The van der Waals surface area contributed by atoms with Gasteiger partial charge in [0.05, 0.1) is 9.79 Å². The monoisotopic (exact) mass is 470 g/mol. The van der Waals surface area contributed by atoms with Gasteiger partial charge in [0.15, 0.2) is 0 Å². The molecule has 0 bridgehead atoms. The molecule has 0 saturated carbocycles. The lowest BCUT2D eigenvalue weighted by Gasteiger charge is -2.13. The number of amides is 2. The van der Waals surface area contributed by atoms with Crippen molar-refractivity contribution in [2.45, 2.75) is 30.1 Å². The van der Waals surface area contributed by atoms with Crippen LogP contribution in [-0.2, 0) is 26.7 Å². The van der Waals surface area contributed by atoms with Gasteiger partial charge < -0.3 is 10.6 Å². The molecule has 31 heavy (non-hydrogen) atoms. The smallest absolute Gasteiger partial charge is 0.294 e. The Labute approximate surface area is 180 Å². The van der Waals surface area contributed by atoms with Gasteiger partial charge in [0.1, 0.15) is 0 Å². The van der Waals surface area contributed by atoms with Crippen molar-refractivity contribution in [1.29, 1.82) is 0 Å². The van der Waals surface area contributed by atoms with E-state index in [9.17, 15) is 35.5 Å². The number of hydrogen-bond donors (Lipinski definition) is 4. The second-order valence-electron chi connectivity index (χ2n) is 6.49. The SMILES string of the molecule is CCNC(=O)c1ccc(Cc2ccc(C(=O)NCC)cc2S(=O)(=O)O)c(S(=O)(=O)O)c1. The van der Waals surface area contributed by atoms with Crippen LogP contribution < -0.4 is 10.6 Å². The average molecular weight is 471 g/mol. The van der Waals surface area contributed by atoms with Crippen LogP contribution in [-0.4, -0.2) is 50.8 Å². The first-order valence-corrected chi connectivity index (χ1v) is 12.0. The molecule has 0 heterocycles. The van der Waals surface area contributed by atoms with Crippen LogP contribution in [0.3, 0.4) is 0 Å². The molecule has 4 N–H and O–H groups in total. The first kappa shape index (κ1) is 24.5. The summed E-state index contributed by atoms with van der Waals surface area (Å²) in [6, 6.07) is 7.13. The standard InChI is InChI=1S/C19H22N2O8S2/c1-3-20-18(22)14-7-5-12(16(10-14)30(24,25)26)9-13-6-8-15(19(23)21-4-2)11-17(13)31(27,28)29/h5-8,10-11H,3-4,9H2,1-2H3,(H,20,22)(H,21,23)(H,24,25,26)(H,27,28,29). The highest BCUT2D eigenvalue weighted by Gasteiger charge is 2.23. The topological polar surface area (TPSA) is 167 Å². The molecule has 0 radical (unpaired) electrons. The predicted octanol–water partition coefficient (Wildman–Crippen LogP) is 1.27. The van der Waals surface area contributed by atoms with Gasteiger partial charge >= 0.3 is 0 Å². The minimum Gasteiger partial charge on any atom is -0.352 e. The van der Waals surface area contributed by atoms with Crippen molar-refractivity contribution in [2.24, 2.45) is 0 Å². The number of hydrogen-bond acceptors (Lipinski definition) is 6. The van der Waals surface area contributed by atoms with Crippen molar-refractivity contribution in [3.05, 3.63) is 58.7 Å². The highest BCUT2D eigenvalue weighted by Crippen LogP contribution is 2.25. The fraction of sp³-hybridized carbons (Fsp3) is 0.263. The van der Waals surface area contributed by atoms with Crippen molar-refractivity contribution < 1.29 is 35.5 Å². The van der Waals surface area contributed by atoms with E-state index in [4.69, 9.17) is 0 Å². The van der Waals surface area contributed by atoms with Gasteiger partial charge in [0, 0.05) is 30.6 Å². The highest BCUT2D eigenvalue weighted by atomic mass is 32.2. The first-order chi connectivity index (χ1) is 14.4. The van der Waals surface area contributed by atoms with Crippen LogP contribution >= 0.6 is 0 Å². The molecule has 0 aliphatic carbocycles. The second kappa shape index (κ2) is 9.56. The van der Waals surface area contributed by atoms with Gasteiger partial charge in [-0.15, -0.1) is 0 Å². The molecule has 0 aromatic heterocycles. The summed E-state index contributed by atoms with van der Waals surface area (Å²) in [5.41, 5.74) is -0.0444. The van der Waals surface area contributed by atoms with Gasteiger partial charge in [-0.25, -0.2) is 0 Å². The molecular formula is C19H22N2O8S2. The van der Waals surface area contributed by atoms with Crippen LogP contribution in [0.2, 0.25) is 0 Å². The maximum Gasteiger partial charge on any atom is 0.294 e. The summed E-state index contributed by atoms with van der Waals surface area (Å²) >= 11 is 0. The van der Waals surface area contributed by atoms with Crippen LogP contribution in [0.5, 0.6) is 0 Å². The Kier molecular flexibility index (Phi) is 7.54. The third-order valence-electron chi connectivity index (χ3n) is 4.27. The Morgan fingerprint density at radius 2 is 1.10 bits per heavy atom. The van der Waals surface area contributed by atoms with E-state index in [1.165, 1.54) is 24.3 Å². The lowest BCUT2D eigenvalue weighted by Crippen LogP contribution is -2.23. The molecule has 2 amide bonds. The van der Waals surface area contributed by atoms with Gasteiger partial charge in [-0.3, -0.25) is 18.7 Å². The van der Waals surface area contributed by atoms with Crippen molar-refractivity contribution in [2.75, 3.05) is 13.1 Å². The van der Waals surface area contributed by atoms with Gasteiger partial charge in [0.2, 0.25) is 0 Å². The van der Waals surface area contributed by atoms with Crippen molar-refractivity contribution in [3.8, 4) is 0 Å². The van der Waals surface area contributed by atoms with E-state index in [-0.39, 0.29) is 28.7 Å². The fourth-order valence-electron chi connectivity index (χ4n) is 2.89. The molecule has 12 heteroatoms. The molecule has 0 spiro atoms. The predicted molar refractivity (Wildman–Crippen MR) is 111 cm³/mol. The highest BCUT2D eigenvalue weighted by molar-refractivity contribution is 7.86. The van der Waals surface area contributed by atoms with Crippen molar-refractivity contribution >= 4 is 32.1 Å². The minimum atomic E-state index is -4.76. The number of nitrogens with one attached hydrogen (secondary N) is 2. The molecule has 168 valence electrons. The Hall–Kier alpha value is -2.80. The van der Waals surface area contributed by atoms with Crippen LogP contribution in [0.25, 0.3) is 0 Å². The average Bonchev–Trinajstić information content (AvgIpc) is 2.67. The summed E-state index contributed by atoms with van der Waals surface area (Å²) in [6.45, 7) is 3.96. The molecule has 10 nitrogen and oxygen atoms in total. The lowest BCUT2D eigenvalue weighted by molar-refractivity contribution is 0.0947. The second-order valence-corrected chi connectivity index (χ2v) is 9.27. The summed E-state index contributed by atoms with van der Waals surface area (Å²) in [5.74, 6) is -1.10. The quantitative estimate of drug-likeness (QED) is 0.418. The summed E-state index contributed by atoms with van der Waals surface area (Å²) in [5, 5.41) is 5.00. The van der Waals surface area contributed by atoms with Gasteiger partial charge in [-0.05, 0) is 49.2 Å². The number of benzene rings is 2. The summed E-state index contributed by atoms with van der Waals surface area (Å²) in [6.07, 6.45) is -0.324. The van der Waals surface area contributed by atoms with E-state index in [1.807, 2.05) is 0 Å². The molecular weight excluding hydrogens is 448 g/mol. The van der Waals surface area contributed by atoms with Crippen molar-refractivity contribution in [3.63, 3.8) is 0 Å². The Bertz CT molecular complexity index is 1130. The Morgan fingerprint density at radius 1 is 0.742 bits per heavy atom. The van der Waals surface area contributed by atoms with Gasteiger partial charge in [-0.1, -0.05) is 12.1 Å². The van der Waals surface area contributed by atoms with Gasteiger partial charge in [-0.2, -0.15) is 16.8 Å². The van der Waals surface area contributed by atoms with E-state index in [0.29, 0.717) is 13.1 Å². The lowest BCUT2D eigenvalue weighted by atomic mass is 10.0.